The van der Waals surface area contributed by atoms with E-state index in [2.05, 4.69) is 59.6 Å². The van der Waals surface area contributed by atoms with Crippen LogP contribution in [0.5, 0.6) is 0 Å². The van der Waals surface area contributed by atoms with Gasteiger partial charge in [0.05, 0.1) is 6.54 Å². The molecular weight excluding hydrogens is 286 g/mol. The summed E-state index contributed by atoms with van der Waals surface area (Å²) in [6, 6.07) is 8.40. The number of hydrogen-bond acceptors (Lipinski definition) is 5. The highest BCUT2D eigenvalue weighted by atomic mass is 32.2. The molecule has 0 amide bonds. The minimum atomic E-state index is 0.830. The molecule has 0 aliphatic heterocycles. The minimum absolute atomic E-state index is 0.830. The Hall–Kier alpha value is -1.20. The number of anilines is 2. The van der Waals surface area contributed by atoms with Crippen molar-refractivity contribution in [3.63, 3.8) is 0 Å². The van der Waals surface area contributed by atoms with E-state index in [1.165, 1.54) is 15.5 Å². The molecule has 0 radical (unpaired) electrons. The predicted molar refractivity (Wildman–Crippen MR) is 91.2 cm³/mol. The van der Waals surface area contributed by atoms with Crippen molar-refractivity contribution in [1.29, 1.82) is 0 Å². The molecule has 3 nitrogen and oxygen atoms in total. The fraction of sp³-hybridized carbons (Fsp3) is 0.400. The largest absolute Gasteiger partial charge is 0.379 e. The number of benzene rings is 1. The molecule has 0 saturated carbocycles. The van der Waals surface area contributed by atoms with Gasteiger partial charge in [0.25, 0.3) is 0 Å². The Kier molecular flexibility index (Phi) is 5.73. The van der Waals surface area contributed by atoms with E-state index in [4.69, 9.17) is 0 Å². The maximum Gasteiger partial charge on any atom is 0.185 e. The third kappa shape index (κ3) is 3.67. The van der Waals surface area contributed by atoms with Crippen LogP contribution in [0, 0.1) is 0 Å². The molecule has 108 valence electrons. The van der Waals surface area contributed by atoms with Gasteiger partial charge in [0.2, 0.25) is 0 Å². The molecule has 0 unspecified atom stereocenters. The monoisotopic (exact) mass is 307 g/mol. The molecule has 20 heavy (non-hydrogen) atoms. The van der Waals surface area contributed by atoms with E-state index in [9.17, 15) is 0 Å². The number of thioether (sulfide) groups is 1. The molecule has 0 aliphatic rings. The van der Waals surface area contributed by atoms with Gasteiger partial charge < -0.3 is 10.2 Å². The molecule has 2 aromatic rings. The molecule has 0 bridgehead atoms. The highest BCUT2D eigenvalue weighted by Gasteiger charge is 2.08. The smallest absolute Gasteiger partial charge is 0.185 e. The van der Waals surface area contributed by atoms with Crippen molar-refractivity contribution in [2.45, 2.75) is 25.3 Å². The molecule has 0 spiro atoms. The van der Waals surface area contributed by atoms with Crippen molar-refractivity contribution in [2.75, 3.05) is 29.6 Å². The average Bonchev–Trinajstić information content (AvgIpc) is 2.95. The summed E-state index contributed by atoms with van der Waals surface area (Å²) < 4.78 is 0. The number of para-hydroxylation sites is 1. The van der Waals surface area contributed by atoms with E-state index >= 15 is 0 Å². The van der Waals surface area contributed by atoms with Gasteiger partial charge in [-0.2, -0.15) is 0 Å². The predicted octanol–water partition coefficient (Wildman–Crippen LogP) is 4.32. The molecule has 1 heterocycles. The summed E-state index contributed by atoms with van der Waals surface area (Å²) in [5.41, 5.74) is 1.19. The summed E-state index contributed by atoms with van der Waals surface area (Å²) in [6.45, 7) is 7.17. The molecule has 5 heteroatoms. The number of thiazole rings is 1. The zero-order valence-electron chi connectivity index (χ0n) is 12.2. The molecule has 0 saturated heterocycles. The van der Waals surface area contributed by atoms with Gasteiger partial charge in [-0.15, -0.1) is 23.1 Å². The fourth-order valence-corrected chi connectivity index (χ4v) is 3.54. The normalized spacial score (nSPS) is 10.6. The average molecular weight is 307 g/mol. The number of rotatable bonds is 7. The van der Waals surface area contributed by atoms with Gasteiger partial charge in [-0.05, 0) is 32.2 Å². The first kappa shape index (κ1) is 15.2. The Bertz CT molecular complexity index is 535. The van der Waals surface area contributed by atoms with E-state index in [-0.39, 0.29) is 0 Å². The minimum Gasteiger partial charge on any atom is -0.379 e. The van der Waals surface area contributed by atoms with Crippen LogP contribution in [0.4, 0.5) is 10.8 Å². The molecular formula is C15H21N3S2. The van der Waals surface area contributed by atoms with Crippen molar-refractivity contribution in [2.24, 2.45) is 0 Å². The zero-order valence-corrected chi connectivity index (χ0v) is 13.9. The maximum atomic E-state index is 4.51. The van der Waals surface area contributed by atoms with E-state index in [1.54, 1.807) is 23.1 Å². The highest BCUT2D eigenvalue weighted by molar-refractivity contribution is 7.98. The van der Waals surface area contributed by atoms with Gasteiger partial charge in [0.15, 0.2) is 5.13 Å². The second-order valence-electron chi connectivity index (χ2n) is 4.34. The van der Waals surface area contributed by atoms with Gasteiger partial charge in [-0.3, -0.25) is 0 Å². The van der Waals surface area contributed by atoms with E-state index in [1.807, 2.05) is 6.20 Å². The number of nitrogens with zero attached hydrogens (tertiary/aromatic N) is 2. The van der Waals surface area contributed by atoms with E-state index in [0.29, 0.717) is 0 Å². The highest BCUT2D eigenvalue weighted by Crippen LogP contribution is 2.27. The van der Waals surface area contributed by atoms with E-state index < -0.39 is 0 Å². The second-order valence-corrected chi connectivity index (χ2v) is 6.28. The van der Waals surface area contributed by atoms with Gasteiger partial charge in [-0.1, -0.05) is 12.1 Å². The Balaban J connectivity index is 2.01. The van der Waals surface area contributed by atoms with Crippen molar-refractivity contribution in [3.8, 4) is 0 Å². The molecule has 1 N–H and O–H groups in total. The lowest BCUT2D eigenvalue weighted by Gasteiger charge is -2.16. The summed E-state index contributed by atoms with van der Waals surface area (Å²) in [6.07, 6.45) is 4.08. The van der Waals surface area contributed by atoms with Crippen LogP contribution in [0.25, 0.3) is 0 Å². The first-order valence-corrected chi connectivity index (χ1v) is 8.89. The number of nitrogens with one attached hydrogen (secondary N) is 1. The number of aromatic nitrogens is 1. The molecule has 1 aromatic heterocycles. The first-order chi connectivity index (χ1) is 9.78. The summed E-state index contributed by atoms with van der Waals surface area (Å²) in [4.78, 5) is 9.34. The van der Waals surface area contributed by atoms with Crippen LogP contribution in [0.1, 0.15) is 18.7 Å². The summed E-state index contributed by atoms with van der Waals surface area (Å²) in [5.74, 6) is 0. The summed E-state index contributed by atoms with van der Waals surface area (Å²) in [5, 5.41) is 4.62. The first-order valence-electron chi connectivity index (χ1n) is 6.85. The quantitative estimate of drug-likeness (QED) is 0.771. The standard InChI is InChI=1S/C15H21N3S2/c1-4-18(5-2)15-17-11-12(20-15)10-16-13-8-6-7-9-14(13)19-3/h6-9,11,16H,4-5,10H2,1-3H3. The van der Waals surface area contributed by atoms with Gasteiger partial charge in [0, 0.05) is 34.7 Å². The fourth-order valence-electron chi connectivity index (χ4n) is 1.99. The Labute approximate surface area is 129 Å². The SMILES string of the molecule is CCN(CC)c1ncc(CNc2ccccc2SC)s1. The van der Waals surface area contributed by atoms with E-state index in [0.717, 1.165) is 24.8 Å². The van der Waals surface area contributed by atoms with Crippen molar-refractivity contribution in [1.82, 2.24) is 4.98 Å². The van der Waals surface area contributed by atoms with Crippen LogP contribution in [0.15, 0.2) is 35.4 Å². The van der Waals surface area contributed by atoms with Gasteiger partial charge in [0.1, 0.15) is 0 Å². The van der Waals surface area contributed by atoms with Crippen LogP contribution >= 0.6 is 23.1 Å². The third-order valence-electron chi connectivity index (χ3n) is 3.14. The zero-order chi connectivity index (χ0) is 14.4. The molecule has 0 aliphatic carbocycles. The molecule has 0 fully saturated rings. The topological polar surface area (TPSA) is 28.2 Å². The third-order valence-corrected chi connectivity index (χ3v) is 4.99. The Morgan fingerprint density at radius 2 is 2.00 bits per heavy atom. The lowest BCUT2D eigenvalue weighted by atomic mass is 10.3. The molecule has 0 atom stereocenters. The lowest BCUT2D eigenvalue weighted by Crippen LogP contribution is -2.21. The Morgan fingerprint density at radius 3 is 2.70 bits per heavy atom. The van der Waals surface area contributed by atoms with Crippen LogP contribution in [0.3, 0.4) is 0 Å². The molecule has 1 aromatic carbocycles. The van der Waals surface area contributed by atoms with Gasteiger partial charge >= 0.3 is 0 Å². The Morgan fingerprint density at radius 1 is 1.25 bits per heavy atom. The van der Waals surface area contributed by atoms with Crippen molar-refractivity contribution < 1.29 is 0 Å². The molecule has 2 rings (SSSR count). The van der Waals surface area contributed by atoms with Crippen molar-refractivity contribution >= 4 is 33.9 Å². The number of hydrogen-bond donors (Lipinski definition) is 1. The van der Waals surface area contributed by atoms with Crippen LogP contribution < -0.4 is 10.2 Å². The van der Waals surface area contributed by atoms with Crippen LogP contribution in [-0.2, 0) is 6.54 Å². The summed E-state index contributed by atoms with van der Waals surface area (Å²) >= 11 is 3.53. The van der Waals surface area contributed by atoms with Gasteiger partial charge in [-0.25, -0.2) is 4.98 Å². The maximum absolute atomic E-state index is 4.51. The van der Waals surface area contributed by atoms with Crippen LogP contribution in [-0.4, -0.2) is 24.3 Å². The second kappa shape index (κ2) is 7.55. The van der Waals surface area contributed by atoms with Crippen molar-refractivity contribution in [3.05, 3.63) is 35.3 Å². The summed E-state index contributed by atoms with van der Waals surface area (Å²) in [7, 11) is 0. The lowest BCUT2D eigenvalue weighted by molar-refractivity contribution is 0.860. The van der Waals surface area contributed by atoms with Crippen LogP contribution in [0.2, 0.25) is 0 Å².